The van der Waals surface area contributed by atoms with Gasteiger partial charge in [-0.05, 0) is 18.3 Å². The molecule has 0 amide bonds. The number of ether oxygens (including phenoxy) is 1. The smallest absolute Gasteiger partial charge is 0.169 e. The zero-order valence-electron chi connectivity index (χ0n) is 6.57. The van der Waals surface area contributed by atoms with E-state index in [1.807, 2.05) is 0 Å². The maximum atomic E-state index is 5.26. The molecule has 0 spiro atoms. The lowest BCUT2D eigenvalue weighted by molar-refractivity contribution is 0.414. The first-order valence-electron chi connectivity index (χ1n) is 3.29. The maximum Gasteiger partial charge on any atom is 0.169 e. The van der Waals surface area contributed by atoms with E-state index in [4.69, 9.17) is 10.5 Å². The molecule has 1 aromatic heterocycles. The molecule has 0 aliphatic carbocycles. The minimum Gasteiger partial charge on any atom is -0.497 e. The molecule has 5 heteroatoms. The Labute approximate surface area is 75.7 Å². The highest BCUT2D eigenvalue weighted by Gasteiger charge is 1.96. The Morgan fingerprint density at radius 2 is 2.50 bits per heavy atom. The van der Waals surface area contributed by atoms with E-state index in [1.54, 1.807) is 25.4 Å². The summed E-state index contributed by atoms with van der Waals surface area (Å²) in [6.07, 6.45) is 1.61. The number of hydrogen-bond acceptors (Lipinski definition) is 3. The predicted octanol–water partition coefficient (Wildman–Crippen LogP) is 0.746. The van der Waals surface area contributed by atoms with Crippen LogP contribution < -0.4 is 15.8 Å². The Hall–Kier alpha value is -1.36. The van der Waals surface area contributed by atoms with E-state index in [-0.39, 0.29) is 5.11 Å². The van der Waals surface area contributed by atoms with Crippen molar-refractivity contribution in [2.24, 2.45) is 5.73 Å². The summed E-state index contributed by atoms with van der Waals surface area (Å²) < 4.78 is 4.97. The lowest BCUT2D eigenvalue weighted by atomic mass is 10.4. The van der Waals surface area contributed by atoms with E-state index < -0.39 is 0 Å². The van der Waals surface area contributed by atoms with Crippen LogP contribution >= 0.6 is 12.2 Å². The largest absolute Gasteiger partial charge is 0.497 e. The van der Waals surface area contributed by atoms with Crippen molar-refractivity contribution in [1.29, 1.82) is 0 Å². The molecule has 0 atom stereocenters. The second kappa shape index (κ2) is 3.87. The van der Waals surface area contributed by atoms with Crippen LogP contribution in [0.25, 0.3) is 0 Å². The second-order valence-corrected chi connectivity index (χ2v) is 2.51. The van der Waals surface area contributed by atoms with Gasteiger partial charge in [0, 0.05) is 12.3 Å². The lowest BCUT2D eigenvalue weighted by Gasteiger charge is -2.03. The summed E-state index contributed by atoms with van der Waals surface area (Å²) in [5.41, 5.74) is 5.26. The monoisotopic (exact) mass is 183 g/mol. The summed E-state index contributed by atoms with van der Waals surface area (Å²) in [4.78, 5) is 3.97. The highest BCUT2D eigenvalue weighted by Crippen LogP contribution is 2.12. The van der Waals surface area contributed by atoms with Crippen LogP contribution in [-0.2, 0) is 0 Å². The zero-order chi connectivity index (χ0) is 8.97. The third kappa shape index (κ3) is 2.35. The van der Waals surface area contributed by atoms with Gasteiger partial charge in [0.2, 0.25) is 0 Å². The Kier molecular flexibility index (Phi) is 2.82. The Balaban J connectivity index is 2.79. The van der Waals surface area contributed by atoms with Crippen LogP contribution in [0.15, 0.2) is 18.3 Å². The Morgan fingerprint density at radius 1 is 1.75 bits per heavy atom. The van der Waals surface area contributed by atoms with E-state index in [1.165, 1.54) is 0 Å². The number of nitrogens with two attached hydrogens (primary N) is 1. The summed E-state index contributed by atoms with van der Waals surface area (Å²) in [5.74, 6) is 1.30. The molecule has 3 N–H and O–H groups in total. The first-order chi connectivity index (χ1) is 5.72. The fraction of sp³-hybridized carbons (Fsp3) is 0.143. The molecule has 0 aliphatic heterocycles. The van der Waals surface area contributed by atoms with E-state index in [2.05, 4.69) is 22.5 Å². The predicted molar refractivity (Wildman–Crippen MR) is 51.2 cm³/mol. The summed E-state index contributed by atoms with van der Waals surface area (Å²) in [6, 6.07) is 3.45. The molecule has 1 heterocycles. The molecule has 0 radical (unpaired) electrons. The van der Waals surface area contributed by atoms with Gasteiger partial charge in [-0.15, -0.1) is 0 Å². The summed E-state index contributed by atoms with van der Waals surface area (Å²) in [6.45, 7) is 0. The zero-order valence-corrected chi connectivity index (χ0v) is 7.39. The van der Waals surface area contributed by atoms with Crippen molar-refractivity contribution in [3.8, 4) is 5.75 Å². The maximum absolute atomic E-state index is 5.26. The van der Waals surface area contributed by atoms with Crippen molar-refractivity contribution in [3.05, 3.63) is 18.3 Å². The van der Waals surface area contributed by atoms with E-state index in [0.29, 0.717) is 11.6 Å². The van der Waals surface area contributed by atoms with Crippen molar-refractivity contribution >= 4 is 23.1 Å². The van der Waals surface area contributed by atoms with E-state index >= 15 is 0 Å². The van der Waals surface area contributed by atoms with E-state index in [0.717, 1.165) is 0 Å². The van der Waals surface area contributed by atoms with Crippen LogP contribution in [-0.4, -0.2) is 17.2 Å². The van der Waals surface area contributed by atoms with Crippen molar-refractivity contribution < 1.29 is 4.74 Å². The minimum absolute atomic E-state index is 0.191. The molecule has 1 aromatic rings. The summed E-state index contributed by atoms with van der Waals surface area (Å²) in [7, 11) is 1.58. The van der Waals surface area contributed by atoms with Gasteiger partial charge < -0.3 is 15.8 Å². The number of anilines is 1. The fourth-order valence-corrected chi connectivity index (χ4v) is 0.837. The number of nitrogens with one attached hydrogen (secondary N) is 1. The fourth-order valence-electron chi connectivity index (χ4n) is 0.733. The molecule has 64 valence electrons. The Morgan fingerprint density at radius 3 is 3.08 bits per heavy atom. The SMILES string of the molecule is COc1ccnc(NC(N)=S)c1. The van der Waals surface area contributed by atoms with E-state index in [9.17, 15) is 0 Å². The van der Waals surface area contributed by atoms with Crippen LogP contribution in [0.5, 0.6) is 5.75 Å². The number of hydrogen-bond donors (Lipinski definition) is 2. The van der Waals surface area contributed by atoms with Crippen LogP contribution in [0.4, 0.5) is 5.82 Å². The number of thiocarbonyl (C=S) groups is 1. The lowest BCUT2D eigenvalue weighted by Crippen LogP contribution is -2.19. The number of aromatic nitrogens is 1. The highest BCUT2D eigenvalue weighted by molar-refractivity contribution is 7.80. The molecule has 0 unspecified atom stereocenters. The molecule has 1 rings (SSSR count). The first kappa shape index (κ1) is 8.73. The molecule has 12 heavy (non-hydrogen) atoms. The van der Waals surface area contributed by atoms with Gasteiger partial charge in [-0.2, -0.15) is 0 Å². The van der Waals surface area contributed by atoms with Gasteiger partial charge in [0.1, 0.15) is 11.6 Å². The summed E-state index contributed by atoms with van der Waals surface area (Å²) in [5, 5.41) is 2.89. The van der Waals surface area contributed by atoms with Crippen LogP contribution in [0.1, 0.15) is 0 Å². The molecule has 0 bridgehead atoms. The average Bonchev–Trinajstić information content (AvgIpc) is 2.03. The number of methoxy groups -OCH3 is 1. The minimum atomic E-state index is 0.191. The topological polar surface area (TPSA) is 60.2 Å². The van der Waals surface area contributed by atoms with Gasteiger partial charge in [0.05, 0.1) is 7.11 Å². The van der Waals surface area contributed by atoms with Gasteiger partial charge >= 0.3 is 0 Å². The molecule has 0 aromatic carbocycles. The number of nitrogens with zero attached hydrogens (tertiary/aromatic N) is 1. The van der Waals surface area contributed by atoms with Crippen LogP contribution in [0.3, 0.4) is 0 Å². The van der Waals surface area contributed by atoms with Gasteiger partial charge in [0.25, 0.3) is 0 Å². The molecule has 4 nitrogen and oxygen atoms in total. The second-order valence-electron chi connectivity index (χ2n) is 2.07. The van der Waals surface area contributed by atoms with Crippen molar-refractivity contribution in [2.45, 2.75) is 0 Å². The molecule has 0 saturated carbocycles. The number of rotatable bonds is 2. The third-order valence-corrected chi connectivity index (χ3v) is 1.32. The standard InChI is InChI=1S/C7H9N3OS/c1-11-5-2-3-9-6(4-5)10-7(8)12/h2-4H,1H3,(H3,8,9,10,12). The van der Waals surface area contributed by atoms with Gasteiger partial charge in [-0.3, -0.25) is 0 Å². The van der Waals surface area contributed by atoms with Crippen molar-refractivity contribution in [1.82, 2.24) is 4.98 Å². The first-order valence-corrected chi connectivity index (χ1v) is 3.69. The number of pyridine rings is 1. The molecule has 0 fully saturated rings. The van der Waals surface area contributed by atoms with Crippen molar-refractivity contribution in [2.75, 3.05) is 12.4 Å². The Bertz CT molecular complexity index is 290. The van der Waals surface area contributed by atoms with Gasteiger partial charge in [-0.1, -0.05) is 0 Å². The van der Waals surface area contributed by atoms with Gasteiger partial charge in [-0.25, -0.2) is 4.98 Å². The van der Waals surface area contributed by atoms with Crippen LogP contribution in [0.2, 0.25) is 0 Å². The summed E-state index contributed by atoms with van der Waals surface area (Å²) >= 11 is 4.64. The molecular formula is C7H9N3OS. The molecular weight excluding hydrogens is 174 g/mol. The third-order valence-electron chi connectivity index (χ3n) is 1.22. The van der Waals surface area contributed by atoms with Gasteiger partial charge in [0.15, 0.2) is 5.11 Å². The molecule has 0 saturated heterocycles. The normalized spacial score (nSPS) is 9.08. The van der Waals surface area contributed by atoms with Crippen LogP contribution in [0, 0.1) is 0 Å². The highest BCUT2D eigenvalue weighted by atomic mass is 32.1. The molecule has 0 aliphatic rings. The van der Waals surface area contributed by atoms with Crippen molar-refractivity contribution in [3.63, 3.8) is 0 Å². The average molecular weight is 183 g/mol. The quantitative estimate of drug-likeness (QED) is 0.662.